The number of aryl methyl sites for hydroxylation is 2. The second-order valence-corrected chi connectivity index (χ2v) is 5.08. The third-order valence-corrected chi connectivity index (χ3v) is 4.12. The summed E-state index contributed by atoms with van der Waals surface area (Å²) in [6.45, 7) is 0. The lowest BCUT2D eigenvalue weighted by atomic mass is 9.94. The summed E-state index contributed by atoms with van der Waals surface area (Å²) in [5, 5.41) is 10.8. The van der Waals surface area contributed by atoms with Crippen LogP contribution in [0.2, 0.25) is 0 Å². The predicted molar refractivity (Wildman–Crippen MR) is 61.5 cm³/mol. The predicted octanol–water partition coefficient (Wildman–Crippen LogP) is 3.03. The number of hydrogen-bond donors (Lipinski definition) is 1. The molecule has 1 aromatic rings. The maximum absolute atomic E-state index is 10.4. The molecule has 0 radical (unpaired) electrons. The molecule has 1 heterocycles. The number of rotatable bonds is 4. The zero-order chi connectivity index (χ0) is 10.7. The van der Waals surface area contributed by atoms with Gasteiger partial charge in [0.1, 0.15) is 0 Å². The molecule has 15 heavy (non-hydrogen) atoms. The summed E-state index contributed by atoms with van der Waals surface area (Å²) in [4.78, 5) is 12.0. The van der Waals surface area contributed by atoms with Crippen LogP contribution in [0.3, 0.4) is 0 Å². The monoisotopic (exact) mass is 224 g/mol. The molecule has 1 aliphatic carbocycles. The van der Waals surface area contributed by atoms with Crippen molar-refractivity contribution in [1.29, 1.82) is 0 Å². The number of carboxylic acids is 1. The van der Waals surface area contributed by atoms with E-state index in [0.29, 0.717) is 6.42 Å². The van der Waals surface area contributed by atoms with E-state index < -0.39 is 5.97 Å². The molecule has 0 atom stereocenters. The van der Waals surface area contributed by atoms with Gasteiger partial charge < -0.3 is 5.11 Å². The van der Waals surface area contributed by atoms with Crippen LogP contribution in [0.5, 0.6) is 0 Å². The van der Waals surface area contributed by atoms with Gasteiger partial charge in [0.15, 0.2) is 0 Å². The third kappa shape index (κ3) is 2.59. The Balaban J connectivity index is 1.96. The van der Waals surface area contributed by atoms with Crippen molar-refractivity contribution in [3.8, 4) is 0 Å². The van der Waals surface area contributed by atoms with Crippen LogP contribution in [0.15, 0.2) is 5.38 Å². The highest BCUT2D eigenvalue weighted by Gasteiger charge is 2.15. The summed E-state index contributed by atoms with van der Waals surface area (Å²) in [6.07, 6.45) is 7.08. The van der Waals surface area contributed by atoms with E-state index in [-0.39, 0.29) is 0 Å². The number of thiophene rings is 1. The van der Waals surface area contributed by atoms with Crippen molar-refractivity contribution in [2.45, 2.75) is 44.9 Å². The Labute approximate surface area is 93.9 Å². The first-order chi connectivity index (χ1) is 7.27. The van der Waals surface area contributed by atoms with E-state index in [1.54, 1.807) is 4.88 Å². The van der Waals surface area contributed by atoms with Crippen LogP contribution in [-0.4, -0.2) is 11.1 Å². The first kappa shape index (κ1) is 10.7. The molecule has 2 nitrogen and oxygen atoms in total. The normalized spacial score (nSPS) is 14.9. The zero-order valence-electron chi connectivity index (χ0n) is 8.79. The van der Waals surface area contributed by atoms with Gasteiger partial charge in [0.25, 0.3) is 0 Å². The fraction of sp³-hybridized carbons (Fsp3) is 0.583. The van der Waals surface area contributed by atoms with Crippen LogP contribution in [0.4, 0.5) is 0 Å². The Morgan fingerprint density at radius 3 is 3.00 bits per heavy atom. The SMILES string of the molecule is O=C(O)CCCc1csc2c1CCCC2. The van der Waals surface area contributed by atoms with Crippen LogP contribution < -0.4 is 0 Å². The molecule has 0 aliphatic heterocycles. The molecule has 0 fully saturated rings. The molecule has 0 spiro atoms. The molecule has 0 bridgehead atoms. The smallest absolute Gasteiger partial charge is 0.303 e. The van der Waals surface area contributed by atoms with Crippen LogP contribution >= 0.6 is 11.3 Å². The summed E-state index contributed by atoms with van der Waals surface area (Å²) in [5.41, 5.74) is 2.95. The number of carboxylic acid groups (broad SMARTS) is 1. The van der Waals surface area contributed by atoms with Crippen LogP contribution in [0.25, 0.3) is 0 Å². The minimum atomic E-state index is -0.681. The second kappa shape index (κ2) is 4.79. The molecule has 0 aromatic carbocycles. The van der Waals surface area contributed by atoms with Crippen molar-refractivity contribution in [1.82, 2.24) is 0 Å². The Morgan fingerprint density at radius 1 is 1.40 bits per heavy atom. The molecule has 1 aliphatic rings. The molecule has 0 saturated heterocycles. The van der Waals surface area contributed by atoms with Gasteiger partial charge in [0, 0.05) is 11.3 Å². The first-order valence-corrected chi connectivity index (χ1v) is 6.45. The van der Waals surface area contributed by atoms with Crippen molar-refractivity contribution < 1.29 is 9.90 Å². The van der Waals surface area contributed by atoms with Gasteiger partial charge in [-0.1, -0.05) is 0 Å². The molecule has 0 unspecified atom stereocenters. The minimum Gasteiger partial charge on any atom is -0.481 e. The average molecular weight is 224 g/mol. The Morgan fingerprint density at radius 2 is 2.20 bits per heavy atom. The van der Waals surface area contributed by atoms with Gasteiger partial charge in [-0.2, -0.15) is 0 Å². The third-order valence-electron chi connectivity index (χ3n) is 2.99. The van der Waals surface area contributed by atoms with E-state index in [4.69, 9.17) is 5.11 Å². The van der Waals surface area contributed by atoms with Crippen molar-refractivity contribution in [3.63, 3.8) is 0 Å². The molecular formula is C12H16O2S. The lowest BCUT2D eigenvalue weighted by Crippen LogP contribution is -2.02. The summed E-state index contributed by atoms with van der Waals surface area (Å²) in [6, 6.07) is 0. The lowest BCUT2D eigenvalue weighted by Gasteiger charge is -2.12. The van der Waals surface area contributed by atoms with Gasteiger partial charge in [0.2, 0.25) is 0 Å². The van der Waals surface area contributed by atoms with E-state index >= 15 is 0 Å². The number of fused-ring (bicyclic) bond motifs is 1. The maximum Gasteiger partial charge on any atom is 0.303 e. The quantitative estimate of drug-likeness (QED) is 0.853. The highest BCUT2D eigenvalue weighted by atomic mass is 32.1. The lowest BCUT2D eigenvalue weighted by molar-refractivity contribution is -0.137. The summed E-state index contributed by atoms with van der Waals surface area (Å²) in [7, 11) is 0. The van der Waals surface area contributed by atoms with Gasteiger partial charge in [-0.25, -0.2) is 0 Å². The van der Waals surface area contributed by atoms with Gasteiger partial charge >= 0.3 is 5.97 Å². The number of aliphatic carboxylic acids is 1. The van der Waals surface area contributed by atoms with E-state index in [9.17, 15) is 4.79 Å². The second-order valence-electron chi connectivity index (χ2n) is 4.12. The first-order valence-electron chi connectivity index (χ1n) is 5.57. The Hall–Kier alpha value is -0.830. The molecule has 82 valence electrons. The molecule has 2 rings (SSSR count). The molecule has 0 amide bonds. The Kier molecular flexibility index (Phi) is 3.41. The fourth-order valence-corrected chi connectivity index (χ4v) is 3.38. The van der Waals surface area contributed by atoms with Crippen molar-refractivity contribution in [3.05, 3.63) is 21.4 Å². The standard InChI is InChI=1S/C12H16O2S/c13-12(14)7-3-4-9-8-15-11-6-2-1-5-10(9)11/h8H,1-7H2,(H,13,14). The zero-order valence-corrected chi connectivity index (χ0v) is 9.61. The fourth-order valence-electron chi connectivity index (χ4n) is 2.20. The van der Waals surface area contributed by atoms with Gasteiger partial charge in [-0.15, -0.1) is 11.3 Å². The highest BCUT2D eigenvalue weighted by Crippen LogP contribution is 2.30. The largest absolute Gasteiger partial charge is 0.481 e. The summed E-state index contributed by atoms with van der Waals surface area (Å²) in [5.74, 6) is -0.681. The number of hydrogen-bond acceptors (Lipinski definition) is 2. The van der Waals surface area contributed by atoms with Gasteiger partial charge in [-0.3, -0.25) is 4.79 Å². The number of carbonyl (C=O) groups is 1. The average Bonchev–Trinajstić information content (AvgIpc) is 2.62. The molecule has 1 N–H and O–H groups in total. The van der Waals surface area contributed by atoms with Crippen LogP contribution in [-0.2, 0) is 24.1 Å². The molecule has 0 saturated carbocycles. The van der Waals surface area contributed by atoms with Crippen molar-refractivity contribution in [2.75, 3.05) is 0 Å². The molecular weight excluding hydrogens is 208 g/mol. The maximum atomic E-state index is 10.4. The van der Waals surface area contributed by atoms with E-state index in [0.717, 1.165) is 12.8 Å². The van der Waals surface area contributed by atoms with Gasteiger partial charge in [0.05, 0.1) is 0 Å². The molecule has 3 heteroatoms. The minimum absolute atomic E-state index is 0.296. The van der Waals surface area contributed by atoms with Crippen molar-refractivity contribution >= 4 is 17.3 Å². The summed E-state index contributed by atoms with van der Waals surface area (Å²) >= 11 is 1.86. The van der Waals surface area contributed by atoms with Crippen LogP contribution in [0.1, 0.15) is 41.7 Å². The summed E-state index contributed by atoms with van der Waals surface area (Å²) < 4.78 is 0. The highest BCUT2D eigenvalue weighted by molar-refractivity contribution is 7.10. The van der Waals surface area contributed by atoms with Gasteiger partial charge in [-0.05, 0) is 55.0 Å². The van der Waals surface area contributed by atoms with Crippen molar-refractivity contribution in [2.24, 2.45) is 0 Å². The topological polar surface area (TPSA) is 37.3 Å². The van der Waals surface area contributed by atoms with Crippen LogP contribution in [0, 0.1) is 0 Å². The Bertz CT molecular complexity index is 355. The van der Waals surface area contributed by atoms with E-state index in [2.05, 4.69) is 5.38 Å². The van der Waals surface area contributed by atoms with E-state index in [1.807, 2.05) is 11.3 Å². The molecule has 1 aromatic heterocycles. The van der Waals surface area contributed by atoms with E-state index in [1.165, 1.54) is 36.8 Å².